The Kier molecular flexibility index (Phi) is 5.17. The molecule has 0 amide bonds. The molecular weight excluding hydrogens is 484 g/mol. The van der Waals surface area contributed by atoms with Gasteiger partial charge in [-0.2, -0.15) is 0 Å². The maximum Gasteiger partial charge on any atom is 0.0972 e. The van der Waals surface area contributed by atoms with Gasteiger partial charge in [0, 0.05) is 22.5 Å². The highest BCUT2D eigenvalue weighted by atomic mass is 14.8. The summed E-state index contributed by atoms with van der Waals surface area (Å²) in [6.07, 6.45) is 1.97. The zero-order valence-electron chi connectivity index (χ0n) is 21.8. The quantitative estimate of drug-likeness (QED) is 0.222. The molecule has 6 aromatic carbocycles. The molecule has 0 N–H and O–H groups in total. The van der Waals surface area contributed by atoms with Crippen molar-refractivity contribution >= 4 is 43.2 Å². The summed E-state index contributed by atoms with van der Waals surface area (Å²) >= 11 is 0. The van der Waals surface area contributed by atoms with Gasteiger partial charge in [-0.05, 0) is 67.9 Å². The molecule has 0 saturated carbocycles. The van der Waals surface area contributed by atoms with Gasteiger partial charge in [0.15, 0.2) is 0 Å². The van der Waals surface area contributed by atoms with Crippen molar-refractivity contribution in [1.29, 1.82) is 0 Å². The lowest BCUT2D eigenvalue weighted by Gasteiger charge is -2.13. The summed E-state index contributed by atoms with van der Waals surface area (Å²) in [6, 6.07) is 49.4. The number of hydrogen-bond donors (Lipinski definition) is 0. The van der Waals surface area contributed by atoms with Crippen molar-refractivity contribution in [2.75, 3.05) is 0 Å². The Balaban J connectivity index is 1.23. The molecule has 0 spiro atoms. The minimum atomic E-state index is 0.877. The second-order valence-electron chi connectivity index (χ2n) is 10.2. The predicted molar refractivity (Wildman–Crippen MR) is 168 cm³/mol. The monoisotopic (exact) mass is 508 g/mol. The van der Waals surface area contributed by atoms with E-state index in [0.29, 0.717) is 0 Å². The molecule has 186 valence electrons. The number of para-hydroxylation sites is 1. The third-order valence-electron chi connectivity index (χ3n) is 7.89. The average Bonchev–Trinajstić information content (AvgIpc) is 3.04. The molecule has 0 unspecified atom stereocenters. The molecule has 2 heteroatoms. The highest BCUT2D eigenvalue weighted by molar-refractivity contribution is 6.14. The second-order valence-corrected chi connectivity index (χ2v) is 10.2. The minimum absolute atomic E-state index is 0.877. The van der Waals surface area contributed by atoms with Crippen molar-refractivity contribution in [2.45, 2.75) is 0 Å². The van der Waals surface area contributed by atoms with Crippen LogP contribution in [0.5, 0.6) is 0 Å². The lowest BCUT2D eigenvalue weighted by atomic mass is 9.92. The lowest BCUT2D eigenvalue weighted by Crippen LogP contribution is -1.92. The van der Waals surface area contributed by atoms with E-state index in [9.17, 15) is 0 Å². The van der Waals surface area contributed by atoms with E-state index in [1.807, 2.05) is 12.3 Å². The van der Waals surface area contributed by atoms with Crippen LogP contribution in [0.3, 0.4) is 0 Å². The van der Waals surface area contributed by atoms with Crippen LogP contribution in [0, 0.1) is 0 Å². The zero-order valence-corrected chi connectivity index (χ0v) is 21.8. The first-order valence-electron chi connectivity index (χ1n) is 13.6. The van der Waals surface area contributed by atoms with Gasteiger partial charge in [0.05, 0.1) is 16.9 Å². The Hall–Kier alpha value is -5.34. The van der Waals surface area contributed by atoms with Crippen molar-refractivity contribution < 1.29 is 0 Å². The van der Waals surface area contributed by atoms with Crippen molar-refractivity contribution in [3.05, 3.63) is 146 Å². The Labute approximate surface area is 232 Å². The van der Waals surface area contributed by atoms with Crippen LogP contribution in [-0.2, 0) is 0 Å². The summed E-state index contributed by atoms with van der Waals surface area (Å²) < 4.78 is 0. The van der Waals surface area contributed by atoms with Crippen molar-refractivity contribution in [3.63, 3.8) is 0 Å². The van der Waals surface area contributed by atoms with Crippen LogP contribution in [0.25, 0.3) is 76.9 Å². The van der Waals surface area contributed by atoms with Crippen molar-refractivity contribution in [1.82, 2.24) is 9.97 Å². The van der Waals surface area contributed by atoms with Gasteiger partial charge in [-0.1, -0.05) is 115 Å². The van der Waals surface area contributed by atoms with E-state index in [2.05, 4.69) is 133 Å². The molecular formula is C38H24N2. The zero-order chi connectivity index (χ0) is 26.5. The van der Waals surface area contributed by atoms with Gasteiger partial charge in [-0.25, -0.2) is 4.98 Å². The van der Waals surface area contributed by atoms with Crippen molar-refractivity contribution in [3.8, 4) is 33.6 Å². The largest absolute Gasteiger partial charge is 0.254 e. The minimum Gasteiger partial charge on any atom is -0.254 e. The topological polar surface area (TPSA) is 25.8 Å². The normalized spacial score (nSPS) is 11.5. The maximum absolute atomic E-state index is 5.02. The van der Waals surface area contributed by atoms with E-state index in [1.54, 1.807) is 0 Å². The number of pyridine rings is 2. The molecule has 0 aliphatic rings. The van der Waals surface area contributed by atoms with E-state index in [1.165, 1.54) is 38.1 Å². The summed E-state index contributed by atoms with van der Waals surface area (Å²) in [6.45, 7) is 0. The number of benzene rings is 6. The molecule has 40 heavy (non-hydrogen) atoms. The summed E-state index contributed by atoms with van der Waals surface area (Å²) in [4.78, 5) is 9.93. The van der Waals surface area contributed by atoms with Gasteiger partial charge in [0.25, 0.3) is 0 Å². The van der Waals surface area contributed by atoms with Gasteiger partial charge in [0.2, 0.25) is 0 Å². The summed E-state index contributed by atoms with van der Waals surface area (Å²) in [5, 5.41) is 8.56. The first kappa shape index (κ1) is 22.6. The summed E-state index contributed by atoms with van der Waals surface area (Å²) in [5.41, 5.74) is 7.45. The fraction of sp³-hybridized carbons (Fsp3) is 0. The Morgan fingerprint density at radius 3 is 1.85 bits per heavy atom. The Morgan fingerprint density at radius 1 is 0.400 bits per heavy atom. The molecule has 8 rings (SSSR count). The summed E-state index contributed by atoms with van der Waals surface area (Å²) in [7, 11) is 0. The number of hydrogen-bond acceptors (Lipinski definition) is 2. The number of aromatic nitrogens is 2. The lowest BCUT2D eigenvalue weighted by molar-refractivity contribution is 1.29. The van der Waals surface area contributed by atoms with Crippen LogP contribution in [-0.4, -0.2) is 9.97 Å². The highest BCUT2D eigenvalue weighted by Gasteiger charge is 2.12. The molecule has 0 radical (unpaired) electrons. The average molecular weight is 509 g/mol. The maximum atomic E-state index is 5.02. The molecule has 2 nitrogen and oxygen atoms in total. The van der Waals surface area contributed by atoms with Gasteiger partial charge < -0.3 is 0 Å². The summed E-state index contributed by atoms with van der Waals surface area (Å²) in [5.74, 6) is 0. The molecule has 0 saturated heterocycles. The van der Waals surface area contributed by atoms with Crippen LogP contribution in [0.4, 0.5) is 0 Å². The van der Waals surface area contributed by atoms with Gasteiger partial charge in [-0.15, -0.1) is 0 Å². The van der Waals surface area contributed by atoms with Crippen LogP contribution < -0.4 is 0 Å². The molecule has 0 aliphatic heterocycles. The SMILES string of the molecule is c1cc(-c2ccc(-c3nc4ccccc4c4ccccc34)nc2)cc(-c2cc3ccccc3c3ccccc23)c1. The third kappa shape index (κ3) is 3.65. The smallest absolute Gasteiger partial charge is 0.0972 e. The van der Waals surface area contributed by atoms with Crippen LogP contribution >= 0.6 is 0 Å². The molecule has 8 aromatic rings. The number of fused-ring (bicyclic) bond motifs is 6. The first-order chi connectivity index (χ1) is 19.8. The van der Waals surface area contributed by atoms with E-state index in [-0.39, 0.29) is 0 Å². The van der Waals surface area contributed by atoms with Crippen LogP contribution in [0.2, 0.25) is 0 Å². The standard InChI is InChI=1S/C38H24N2/c1-2-13-29-27(10-1)23-35(31-15-4-3-14-30(29)31)26-12-9-11-25(22-26)28-20-21-37(39-24-28)38-34-18-6-5-16-32(34)33-17-7-8-19-36(33)40-38/h1-24H. The van der Waals surface area contributed by atoms with E-state index in [0.717, 1.165) is 38.8 Å². The van der Waals surface area contributed by atoms with E-state index >= 15 is 0 Å². The molecule has 2 aromatic heterocycles. The fourth-order valence-corrected chi connectivity index (χ4v) is 5.96. The number of rotatable bonds is 3. The predicted octanol–water partition coefficient (Wildman–Crippen LogP) is 10.1. The first-order valence-corrected chi connectivity index (χ1v) is 13.6. The fourth-order valence-electron chi connectivity index (χ4n) is 5.96. The van der Waals surface area contributed by atoms with E-state index in [4.69, 9.17) is 9.97 Å². The molecule has 0 aliphatic carbocycles. The van der Waals surface area contributed by atoms with Gasteiger partial charge in [0.1, 0.15) is 0 Å². The molecule has 0 bridgehead atoms. The third-order valence-corrected chi connectivity index (χ3v) is 7.89. The molecule has 0 atom stereocenters. The van der Waals surface area contributed by atoms with Gasteiger partial charge in [-0.3, -0.25) is 4.98 Å². The molecule has 0 fully saturated rings. The van der Waals surface area contributed by atoms with Gasteiger partial charge >= 0.3 is 0 Å². The Bertz CT molecular complexity index is 2210. The van der Waals surface area contributed by atoms with Crippen LogP contribution in [0.15, 0.2) is 146 Å². The highest BCUT2D eigenvalue weighted by Crippen LogP contribution is 2.37. The Morgan fingerprint density at radius 2 is 1.05 bits per heavy atom. The molecule has 2 heterocycles. The van der Waals surface area contributed by atoms with Crippen LogP contribution in [0.1, 0.15) is 0 Å². The number of nitrogens with zero attached hydrogens (tertiary/aromatic N) is 2. The van der Waals surface area contributed by atoms with Crippen molar-refractivity contribution in [2.24, 2.45) is 0 Å². The second kappa shape index (κ2) is 9.14. The van der Waals surface area contributed by atoms with E-state index < -0.39 is 0 Å².